The highest BCUT2D eigenvalue weighted by atomic mass is 35.5. The minimum absolute atomic E-state index is 0.00389. The Balaban J connectivity index is 1.20. The van der Waals surface area contributed by atoms with Crippen LogP contribution in [0.4, 0.5) is 4.39 Å². The van der Waals surface area contributed by atoms with Gasteiger partial charge in [0, 0.05) is 58.3 Å². The van der Waals surface area contributed by atoms with Crippen LogP contribution in [0.15, 0.2) is 47.4 Å². The van der Waals surface area contributed by atoms with Gasteiger partial charge in [0.15, 0.2) is 0 Å². The molecule has 2 aromatic rings. The van der Waals surface area contributed by atoms with Crippen LogP contribution in [0.25, 0.3) is 0 Å². The van der Waals surface area contributed by atoms with Gasteiger partial charge in [-0.1, -0.05) is 23.7 Å². The summed E-state index contributed by atoms with van der Waals surface area (Å²) in [6.07, 6.45) is 1.49. The fraction of sp³-hybridized carbons (Fsp3) is 0.480. The Morgan fingerprint density at radius 2 is 1.94 bits per heavy atom. The molecule has 1 atom stereocenters. The van der Waals surface area contributed by atoms with Gasteiger partial charge in [-0.3, -0.25) is 9.69 Å². The summed E-state index contributed by atoms with van der Waals surface area (Å²) in [5.41, 5.74) is 1.14. The molecule has 0 radical (unpaired) electrons. The number of rotatable bonds is 10. The van der Waals surface area contributed by atoms with Gasteiger partial charge >= 0.3 is 0 Å². The number of ether oxygens (including phenoxy) is 1. The average molecular weight is 539 g/mol. The van der Waals surface area contributed by atoms with Crippen molar-refractivity contribution >= 4 is 27.5 Å². The fourth-order valence-electron chi connectivity index (χ4n) is 4.57. The van der Waals surface area contributed by atoms with Crippen LogP contribution >= 0.6 is 11.6 Å². The molecule has 2 aromatic carbocycles. The molecule has 2 saturated heterocycles. The van der Waals surface area contributed by atoms with Crippen LogP contribution in [0, 0.1) is 5.82 Å². The van der Waals surface area contributed by atoms with Gasteiger partial charge < -0.3 is 15.0 Å². The minimum atomic E-state index is -3.71. The number of piperazine rings is 1. The van der Waals surface area contributed by atoms with E-state index in [0.717, 1.165) is 43.0 Å². The summed E-state index contributed by atoms with van der Waals surface area (Å²) >= 11 is 5.77. The summed E-state index contributed by atoms with van der Waals surface area (Å²) in [6.45, 7) is 4.61. The van der Waals surface area contributed by atoms with Gasteiger partial charge in [0.1, 0.15) is 18.2 Å². The monoisotopic (exact) mass is 538 g/mol. The summed E-state index contributed by atoms with van der Waals surface area (Å²) < 4.78 is 46.5. The molecular weight excluding hydrogens is 507 g/mol. The SMILES string of the molecule is CN(Cc1cccc(OCCN2CCN(S(=O)(=O)c3ccc(F)c(Cl)c3)CC2)c1)CC1CCC(=O)N1. The maximum absolute atomic E-state index is 13.4. The number of nitrogens with zero attached hydrogens (tertiary/aromatic N) is 3. The van der Waals surface area contributed by atoms with E-state index < -0.39 is 15.8 Å². The molecule has 0 bridgehead atoms. The van der Waals surface area contributed by atoms with E-state index in [1.165, 1.54) is 10.4 Å². The number of amides is 1. The Morgan fingerprint density at radius 3 is 2.64 bits per heavy atom. The third kappa shape index (κ3) is 6.95. The number of hydrogen-bond donors (Lipinski definition) is 1. The van der Waals surface area contributed by atoms with Gasteiger partial charge in [-0.2, -0.15) is 4.31 Å². The highest BCUT2D eigenvalue weighted by Crippen LogP contribution is 2.23. The zero-order chi connectivity index (χ0) is 25.7. The van der Waals surface area contributed by atoms with Crippen molar-refractivity contribution in [2.24, 2.45) is 0 Å². The number of carbonyl (C=O) groups is 1. The maximum atomic E-state index is 13.4. The first-order chi connectivity index (χ1) is 17.2. The lowest BCUT2D eigenvalue weighted by Crippen LogP contribution is -2.49. The molecule has 0 aliphatic carbocycles. The Hall–Kier alpha value is -2.24. The highest BCUT2D eigenvalue weighted by Gasteiger charge is 2.29. The molecule has 2 heterocycles. The topological polar surface area (TPSA) is 82.2 Å². The number of hydrogen-bond acceptors (Lipinski definition) is 6. The molecule has 0 spiro atoms. The van der Waals surface area contributed by atoms with Crippen LogP contribution in [-0.2, 0) is 21.4 Å². The summed E-state index contributed by atoms with van der Waals surface area (Å²) in [6, 6.07) is 11.7. The lowest BCUT2D eigenvalue weighted by molar-refractivity contribution is -0.119. The molecule has 36 heavy (non-hydrogen) atoms. The van der Waals surface area contributed by atoms with Crippen molar-refractivity contribution in [3.63, 3.8) is 0 Å². The second kappa shape index (κ2) is 11.9. The highest BCUT2D eigenvalue weighted by molar-refractivity contribution is 7.89. The van der Waals surface area contributed by atoms with E-state index in [9.17, 15) is 17.6 Å². The molecule has 1 N–H and O–H groups in total. The molecular formula is C25H32ClFN4O4S. The Bertz CT molecular complexity index is 1170. The lowest BCUT2D eigenvalue weighted by atomic mass is 10.1. The third-order valence-corrected chi connectivity index (χ3v) is 8.69. The van der Waals surface area contributed by atoms with Gasteiger partial charge in [-0.15, -0.1) is 0 Å². The molecule has 1 amide bonds. The Labute approximate surface area is 217 Å². The van der Waals surface area contributed by atoms with Gasteiger partial charge in [-0.25, -0.2) is 12.8 Å². The molecule has 11 heteroatoms. The van der Waals surface area contributed by atoms with Crippen LogP contribution < -0.4 is 10.1 Å². The van der Waals surface area contributed by atoms with Gasteiger partial charge in [0.05, 0.1) is 9.92 Å². The van der Waals surface area contributed by atoms with Crippen LogP contribution in [0.1, 0.15) is 18.4 Å². The second-order valence-corrected chi connectivity index (χ2v) is 11.7. The van der Waals surface area contributed by atoms with Crippen molar-refractivity contribution in [1.82, 2.24) is 19.4 Å². The predicted molar refractivity (Wildman–Crippen MR) is 136 cm³/mol. The van der Waals surface area contributed by atoms with Crippen LogP contribution in [0.2, 0.25) is 5.02 Å². The average Bonchev–Trinajstić information content (AvgIpc) is 3.25. The third-order valence-electron chi connectivity index (χ3n) is 6.50. The summed E-state index contributed by atoms with van der Waals surface area (Å²) in [7, 11) is -1.67. The Morgan fingerprint density at radius 1 is 1.17 bits per heavy atom. The number of carbonyl (C=O) groups excluding carboxylic acids is 1. The molecule has 2 aliphatic rings. The normalized spacial score (nSPS) is 19.6. The van der Waals surface area contributed by atoms with Crippen LogP contribution in [0.5, 0.6) is 5.75 Å². The molecule has 8 nitrogen and oxygen atoms in total. The van der Waals surface area contributed by atoms with Crippen molar-refractivity contribution in [3.05, 3.63) is 58.9 Å². The second-order valence-electron chi connectivity index (χ2n) is 9.32. The van der Waals surface area contributed by atoms with Crippen molar-refractivity contribution < 1.29 is 22.3 Å². The molecule has 196 valence electrons. The van der Waals surface area contributed by atoms with E-state index in [1.807, 2.05) is 25.2 Å². The van der Waals surface area contributed by atoms with Crippen molar-refractivity contribution in [2.45, 2.75) is 30.3 Å². The number of sulfonamides is 1. The number of likely N-dealkylation sites (N-methyl/N-ethyl adjacent to an activating group) is 1. The first-order valence-electron chi connectivity index (χ1n) is 12.1. The van der Waals surface area contributed by atoms with Gasteiger partial charge in [0.2, 0.25) is 15.9 Å². The van der Waals surface area contributed by atoms with Crippen molar-refractivity contribution in [3.8, 4) is 5.75 Å². The first kappa shape index (κ1) is 26.8. The number of nitrogens with one attached hydrogen (secondary N) is 1. The van der Waals surface area contributed by atoms with Crippen LogP contribution in [-0.4, -0.2) is 87.4 Å². The fourth-order valence-corrected chi connectivity index (χ4v) is 6.27. The van der Waals surface area contributed by atoms with Gasteiger partial charge in [0.25, 0.3) is 0 Å². The molecule has 4 rings (SSSR count). The quantitative estimate of drug-likeness (QED) is 0.501. The first-order valence-corrected chi connectivity index (χ1v) is 13.9. The molecule has 2 fully saturated rings. The molecule has 2 aliphatic heterocycles. The Kier molecular flexibility index (Phi) is 8.84. The lowest BCUT2D eigenvalue weighted by Gasteiger charge is -2.33. The van der Waals surface area contributed by atoms with E-state index in [-0.39, 0.29) is 21.9 Å². The van der Waals surface area contributed by atoms with Crippen LogP contribution in [0.3, 0.4) is 0 Å². The van der Waals surface area contributed by atoms with E-state index >= 15 is 0 Å². The zero-order valence-corrected chi connectivity index (χ0v) is 21.9. The van der Waals surface area contributed by atoms with E-state index in [0.29, 0.717) is 45.8 Å². The largest absolute Gasteiger partial charge is 0.492 e. The smallest absolute Gasteiger partial charge is 0.243 e. The van der Waals surface area contributed by atoms with Crippen molar-refractivity contribution in [1.29, 1.82) is 0 Å². The summed E-state index contributed by atoms with van der Waals surface area (Å²) in [5, 5.41) is 2.80. The summed E-state index contributed by atoms with van der Waals surface area (Å²) in [5.74, 6) is 0.283. The molecule has 0 aromatic heterocycles. The summed E-state index contributed by atoms with van der Waals surface area (Å²) in [4.78, 5) is 15.8. The standard InChI is InChI=1S/C25H32ClFN4O4S/c1-29(18-20-5-8-25(32)28-20)17-19-3-2-4-21(15-19)35-14-13-30-9-11-31(12-10-30)36(33,34)22-6-7-24(27)23(26)16-22/h2-4,6-7,15-16,20H,5,8-14,17-18H2,1H3,(H,28,32). The molecule has 1 unspecified atom stereocenters. The maximum Gasteiger partial charge on any atom is 0.243 e. The van der Waals surface area contributed by atoms with Crippen molar-refractivity contribution in [2.75, 3.05) is 52.9 Å². The van der Waals surface area contributed by atoms with E-state index in [1.54, 1.807) is 0 Å². The number of halogens is 2. The number of benzene rings is 2. The predicted octanol–water partition coefficient (Wildman–Crippen LogP) is 2.57. The molecule has 0 saturated carbocycles. The van der Waals surface area contributed by atoms with Gasteiger partial charge in [-0.05, 0) is 49.4 Å². The van der Waals surface area contributed by atoms with E-state index in [2.05, 4.69) is 21.2 Å². The minimum Gasteiger partial charge on any atom is -0.492 e. The van der Waals surface area contributed by atoms with E-state index in [4.69, 9.17) is 16.3 Å². The zero-order valence-electron chi connectivity index (χ0n) is 20.3.